The Hall–Kier alpha value is -2.36. The molecule has 0 aliphatic carbocycles. The van der Waals surface area contributed by atoms with E-state index in [1.165, 1.54) is 17.7 Å². The summed E-state index contributed by atoms with van der Waals surface area (Å²) in [6.07, 6.45) is 2.38. The van der Waals surface area contributed by atoms with Crippen LogP contribution in [0.25, 0.3) is 0 Å². The summed E-state index contributed by atoms with van der Waals surface area (Å²) in [5.74, 6) is -0.393. The first-order valence-corrected chi connectivity index (χ1v) is 6.80. The summed E-state index contributed by atoms with van der Waals surface area (Å²) in [6, 6.07) is 6.92. The molecule has 0 aromatic heterocycles. The Bertz CT molecular complexity index is 683. The van der Waals surface area contributed by atoms with Crippen LogP contribution in [0.15, 0.2) is 24.3 Å². The van der Waals surface area contributed by atoms with E-state index in [0.29, 0.717) is 5.56 Å². The maximum atomic E-state index is 9.62. The Labute approximate surface area is 123 Å². The van der Waals surface area contributed by atoms with Gasteiger partial charge in [-0.05, 0) is 55.2 Å². The fraction of sp³-hybridized carbons (Fsp3) is 0.235. The summed E-state index contributed by atoms with van der Waals surface area (Å²) in [5.41, 5.74) is 4.08. The van der Waals surface area contributed by atoms with Gasteiger partial charge in [-0.25, -0.2) is 0 Å². The first kappa shape index (κ1) is 13.6. The third-order valence-corrected chi connectivity index (χ3v) is 3.79. The second-order valence-corrected chi connectivity index (χ2v) is 5.44. The molecular weight excluding hydrogens is 268 g/mol. The lowest BCUT2D eigenvalue weighted by atomic mass is 9.93. The zero-order valence-electron chi connectivity index (χ0n) is 11.9. The van der Waals surface area contributed by atoms with Crippen molar-refractivity contribution >= 4 is 0 Å². The molecule has 3 rings (SSSR count). The molecule has 0 saturated carbocycles. The lowest BCUT2D eigenvalue weighted by Crippen LogP contribution is -2.16. The van der Waals surface area contributed by atoms with Gasteiger partial charge in [0.15, 0.2) is 17.2 Å². The minimum Gasteiger partial charge on any atom is -0.504 e. The van der Waals surface area contributed by atoms with Crippen molar-refractivity contribution in [2.75, 3.05) is 0 Å². The van der Waals surface area contributed by atoms with Gasteiger partial charge in [0, 0.05) is 12.0 Å². The smallest absolute Gasteiger partial charge is 0.200 e. The highest BCUT2D eigenvalue weighted by atomic mass is 16.5. The predicted octanol–water partition coefficient (Wildman–Crippen LogP) is 3.30. The topological polar surface area (TPSA) is 69.9 Å². The molecule has 2 aromatic rings. The standard InChI is InChI=1S/C17H17O4/c1-9-5-10(2)12-3-4-15(21-16(12)6-9)11-7-13(18)17(20)14(19)8-11/h4-8,15,18-20H,3H2,1-2H3. The Morgan fingerprint density at radius 3 is 2.33 bits per heavy atom. The number of hydrogen-bond acceptors (Lipinski definition) is 4. The van der Waals surface area contributed by atoms with Gasteiger partial charge in [0.2, 0.25) is 0 Å². The van der Waals surface area contributed by atoms with Crippen LogP contribution in [-0.4, -0.2) is 15.3 Å². The Morgan fingerprint density at radius 2 is 1.67 bits per heavy atom. The lowest BCUT2D eigenvalue weighted by Gasteiger charge is -2.28. The number of aromatic hydroxyl groups is 3. The van der Waals surface area contributed by atoms with Gasteiger partial charge in [-0.2, -0.15) is 0 Å². The Kier molecular flexibility index (Phi) is 3.16. The number of phenols is 3. The average Bonchev–Trinajstić information content (AvgIpc) is 2.43. The van der Waals surface area contributed by atoms with E-state index in [9.17, 15) is 15.3 Å². The van der Waals surface area contributed by atoms with Crippen molar-refractivity contribution in [3.63, 3.8) is 0 Å². The van der Waals surface area contributed by atoms with E-state index >= 15 is 0 Å². The highest BCUT2D eigenvalue weighted by Crippen LogP contribution is 2.41. The molecule has 4 heteroatoms. The van der Waals surface area contributed by atoms with E-state index < -0.39 is 5.75 Å². The maximum absolute atomic E-state index is 9.62. The van der Waals surface area contributed by atoms with E-state index in [1.807, 2.05) is 19.4 Å². The van der Waals surface area contributed by atoms with Gasteiger partial charge in [-0.15, -0.1) is 0 Å². The van der Waals surface area contributed by atoms with Crippen molar-refractivity contribution in [1.29, 1.82) is 0 Å². The van der Waals surface area contributed by atoms with Gasteiger partial charge in [-0.3, -0.25) is 0 Å². The van der Waals surface area contributed by atoms with Crippen LogP contribution in [0.1, 0.15) is 28.4 Å². The summed E-state index contributed by atoms with van der Waals surface area (Å²) in [4.78, 5) is 0. The summed E-state index contributed by atoms with van der Waals surface area (Å²) in [5, 5.41) is 28.6. The molecule has 0 bridgehead atoms. The molecule has 0 spiro atoms. The quantitative estimate of drug-likeness (QED) is 0.703. The van der Waals surface area contributed by atoms with Crippen molar-refractivity contribution in [3.8, 4) is 23.0 Å². The number of phenolic OH excluding ortho intramolecular Hbond substituents is 3. The molecule has 1 unspecified atom stereocenters. The Balaban J connectivity index is 1.96. The van der Waals surface area contributed by atoms with Crippen LogP contribution in [-0.2, 0) is 6.42 Å². The molecule has 1 atom stereocenters. The van der Waals surface area contributed by atoms with Gasteiger partial charge >= 0.3 is 0 Å². The fourth-order valence-corrected chi connectivity index (χ4v) is 2.73. The molecule has 109 valence electrons. The van der Waals surface area contributed by atoms with Crippen LogP contribution >= 0.6 is 0 Å². The second kappa shape index (κ2) is 4.88. The summed E-state index contributed by atoms with van der Waals surface area (Å²) >= 11 is 0. The normalized spacial score (nSPS) is 17.1. The number of aryl methyl sites for hydroxylation is 2. The third-order valence-electron chi connectivity index (χ3n) is 3.79. The van der Waals surface area contributed by atoms with Gasteiger partial charge < -0.3 is 20.1 Å². The van der Waals surface area contributed by atoms with Gasteiger partial charge in [0.25, 0.3) is 0 Å². The molecule has 0 fully saturated rings. The Morgan fingerprint density at radius 1 is 1.00 bits per heavy atom. The van der Waals surface area contributed by atoms with E-state index in [-0.39, 0.29) is 17.6 Å². The summed E-state index contributed by atoms with van der Waals surface area (Å²) in [7, 11) is 0. The molecular formula is C17H17O4. The second-order valence-electron chi connectivity index (χ2n) is 5.44. The van der Waals surface area contributed by atoms with E-state index in [4.69, 9.17) is 4.74 Å². The van der Waals surface area contributed by atoms with Crippen molar-refractivity contribution in [1.82, 2.24) is 0 Å². The number of benzene rings is 2. The molecule has 1 heterocycles. The molecule has 21 heavy (non-hydrogen) atoms. The van der Waals surface area contributed by atoms with E-state index in [1.54, 1.807) is 0 Å². The molecule has 0 amide bonds. The van der Waals surface area contributed by atoms with Gasteiger partial charge in [0.1, 0.15) is 11.9 Å². The molecule has 1 aliphatic rings. The minimum atomic E-state index is -0.512. The molecule has 2 aromatic carbocycles. The highest BCUT2D eigenvalue weighted by Gasteiger charge is 2.24. The summed E-state index contributed by atoms with van der Waals surface area (Å²) < 4.78 is 5.97. The predicted molar refractivity (Wildman–Crippen MR) is 78.7 cm³/mol. The molecule has 1 radical (unpaired) electrons. The lowest BCUT2D eigenvalue weighted by molar-refractivity contribution is 0.219. The molecule has 0 saturated heterocycles. The minimum absolute atomic E-state index is 0.354. The van der Waals surface area contributed by atoms with Crippen molar-refractivity contribution < 1.29 is 20.1 Å². The van der Waals surface area contributed by atoms with Gasteiger partial charge in [0.05, 0.1) is 0 Å². The third kappa shape index (κ3) is 2.37. The van der Waals surface area contributed by atoms with Crippen molar-refractivity contribution in [2.45, 2.75) is 26.4 Å². The number of hydrogen-bond donors (Lipinski definition) is 3. The number of rotatable bonds is 1. The number of fused-ring (bicyclic) bond motifs is 1. The zero-order valence-corrected chi connectivity index (χ0v) is 11.9. The van der Waals surface area contributed by atoms with Crippen LogP contribution in [0.5, 0.6) is 23.0 Å². The SMILES string of the molecule is Cc1cc(C)c2c(c1)OC(c1cc(O)c(O)c(O)c1)[CH]C2. The number of ether oxygens (including phenoxy) is 1. The largest absolute Gasteiger partial charge is 0.504 e. The van der Waals surface area contributed by atoms with E-state index in [2.05, 4.69) is 13.0 Å². The average molecular weight is 285 g/mol. The van der Waals surface area contributed by atoms with Gasteiger partial charge in [-0.1, -0.05) is 6.07 Å². The monoisotopic (exact) mass is 285 g/mol. The van der Waals surface area contributed by atoms with Crippen LogP contribution < -0.4 is 4.74 Å². The zero-order chi connectivity index (χ0) is 15.1. The summed E-state index contributed by atoms with van der Waals surface area (Å²) in [6.45, 7) is 4.07. The fourth-order valence-electron chi connectivity index (χ4n) is 2.73. The van der Waals surface area contributed by atoms with E-state index in [0.717, 1.165) is 23.3 Å². The molecule has 3 N–H and O–H groups in total. The maximum Gasteiger partial charge on any atom is 0.200 e. The van der Waals surface area contributed by atoms with Crippen molar-refractivity contribution in [3.05, 3.63) is 52.9 Å². The van der Waals surface area contributed by atoms with Crippen LogP contribution in [0, 0.1) is 20.3 Å². The molecule has 4 nitrogen and oxygen atoms in total. The first-order valence-electron chi connectivity index (χ1n) is 6.80. The van der Waals surface area contributed by atoms with Crippen LogP contribution in [0.2, 0.25) is 0 Å². The van der Waals surface area contributed by atoms with Crippen molar-refractivity contribution in [2.24, 2.45) is 0 Å². The molecule has 1 aliphatic heterocycles. The highest BCUT2D eigenvalue weighted by molar-refractivity contribution is 5.53. The van der Waals surface area contributed by atoms with Crippen LogP contribution in [0.3, 0.4) is 0 Å². The van der Waals surface area contributed by atoms with Crippen LogP contribution in [0.4, 0.5) is 0 Å². The first-order chi connectivity index (χ1) is 9.95.